The number of aromatic amines is 1. The second kappa shape index (κ2) is 3.61. The fourth-order valence-corrected chi connectivity index (χ4v) is 1.40. The van der Waals surface area contributed by atoms with Gasteiger partial charge in [-0.2, -0.15) is 4.98 Å². The van der Waals surface area contributed by atoms with Crippen molar-refractivity contribution in [3.05, 3.63) is 40.6 Å². The van der Waals surface area contributed by atoms with E-state index in [4.69, 9.17) is 4.74 Å². The molecule has 0 saturated heterocycles. The highest BCUT2D eigenvalue weighted by atomic mass is 16.5. The molecule has 1 N–H and O–H groups in total. The molecule has 0 radical (unpaired) electrons. The average Bonchev–Trinajstić information content (AvgIpc) is 2.58. The summed E-state index contributed by atoms with van der Waals surface area (Å²) in [4.78, 5) is 14.8. The van der Waals surface area contributed by atoms with E-state index in [1.807, 2.05) is 24.3 Å². The smallest absolute Gasteiger partial charge is 0.361 e. The minimum Gasteiger partial charge on any atom is -0.497 e. The molecule has 0 fully saturated rings. The van der Waals surface area contributed by atoms with Crippen molar-refractivity contribution >= 4 is 0 Å². The summed E-state index contributed by atoms with van der Waals surface area (Å²) in [7, 11) is 1.60. The van der Waals surface area contributed by atoms with Crippen molar-refractivity contribution in [3.63, 3.8) is 0 Å². The first-order valence-corrected chi connectivity index (χ1v) is 4.51. The lowest BCUT2D eigenvalue weighted by atomic mass is 10.3. The van der Waals surface area contributed by atoms with E-state index in [2.05, 4.69) is 10.1 Å². The first-order valence-electron chi connectivity index (χ1n) is 4.51. The van der Waals surface area contributed by atoms with Crippen LogP contribution in [0.5, 0.6) is 5.75 Å². The molecule has 0 unspecified atom stereocenters. The summed E-state index contributed by atoms with van der Waals surface area (Å²) in [5, 5.41) is 2.61. The van der Waals surface area contributed by atoms with Crippen LogP contribution in [0.1, 0.15) is 5.82 Å². The number of hydrogen-bond donors (Lipinski definition) is 1. The first-order chi connectivity index (χ1) is 7.20. The fraction of sp³-hybridized carbons (Fsp3) is 0.200. The van der Waals surface area contributed by atoms with Gasteiger partial charge in [0, 0.05) is 6.07 Å². The van der Waals surface area contributed by atoms with Crippen LogP contribution in [0.3, 0.4) is 0 Å². The number of H-pyrrole nitrogens is 1. The molecule has 0 spiro atoms. The van der Waals surface area contributed by atoms with Gasteiger partial charge in [0.1, 0.15) is 11.6 Å². The molecular weight excluding hydrogens is 194 g/mol. The molecule has 2 rings (SSSR count). The number of benzene rings is 1. The standard InChI is InChI=1S/C10H11N3O2/c1-7-11-10(14)12-13(7)8-4-3-5-9(6-8)15-2/h3-6H,1-2H3,(H,12,14). The third-order valence-corrected chi connectivity index (χ3v) is 2.11. The Labute approximate surface area is 86.3 Å². The van der Waals surface area contributed by atoms with Crippen molar-refractivity contribution in [3.8, 4) is 11.4 Å². The summed E-state index contributed by atoms with van der Waals surface area (Å²) in [6.07, 6.45) is 0. The molecule has 0 aliphatic heterocycles. The summed E-state index contributed by atoms with van der Waals surface area (Å²) in [6, 6.07) is 7.39. The number of aryl methyl sites for hydroxylation is 1. The topological polar surface area (TPSA) is 59.9 Å². The second-order valence-electron chi connectivity index (χ2n) is 3.11. The van der Waals surface area contributed by atoms with E-state index >= 15 is 0 Å². The van der Waals surface area contributed by atoms with Gasteiger partial charge in [-0.1, -0.05) is 6.07 Å². The largest absolute Gasteiger partial charge is 0.497 e. The van der Waals surface area contributed by atoms with E-state index in [1.54, 1.807) is 18.7 Å². The molecule has 2 aromatic rings. The Morgan fingerprint density at radius 2 is 2.27 bits per heavy atom. The van der Waals surface area contributed by atoms with Gasteiger partial charge in [0.05, 0.1) is 12.8 Å². The van der Waals surface area contributed by atoms with Gasteiger partial charge in [-0.25, -0.2) is 14.6 Å². The minimum absolute atomic E-state index is 0.352. The van der Waals surface area contributed by atoms with Crippen LogP contribution >= 0.6 is 0 Å². The highest BCUT2D eigenvalue weighted by Crippen LogP contribution is 2.15. The fourth-order valence-electron chi connectivity index (χ4n) is 1.40. The summed E-state index contributed by atoms with van der Waals surface area (Å²) in [5.74, 6) is 1.36. The van der Waals surface area contributed by atoms with Crippen molar-refractivity contribution in [1.29, 1.82) is 0 Å². The van der Waals surface area contributed by atoms with E-state index in [-0.39, 0.29) is 5.69 Å². The normalized spacial score (nSPS) is 10.3. The SMILES string of the molecule is COc1cccc(-n2[nH]c(=O)nc2C)c1. The van der Waals surface area contributed by atoms with Gasteiger partial charge >= 0.3 is 5.69 Å². The average molecular weight is 205 g/mol. The Kier molecular flexibility index (Phi) is 2.29. The number of nitrogens with one attached hydrogen (secondary N) is 1. The first kappa shape index (κ1) is 9.51. The number of nitrogens with zero attached hydrogens (tertiary/aromatic N) is 2. The molecule has 1 heterocycles. The molecule has 1 aromatic carbocycles. The maximum Gasteiger partial charge on any atom is 0.361 e. The summed E-state index contributed by atoms with van der Waals surface area (Å²) in [6.45, 7) is 1.76. The molecule has 0 amide bonds. The highest BCUT2D eigenvalue weighted by molar-refractivity contribution is 5.38. The van der Waals surface area contributed by atoms with Gasteiger partial charge in [0.15, 0.2) is 0 Å². The lowest BCUT2D eigenvalue weighted by molar-refractivity contribution is 0.414. The van der Waals surface area contributed by atoms with Gasteiger partial charge < -0.3 is 4.74 Å². The molecular formula is C10H11N3O2. The molecule has 5 nitrogen and oxygen atoms in total. The predicted octanol–water partition coefficient (Wildman–Crippen LogP) is 0.878. The van der Waals surface area contributed by atoms with Gasteiger partial charge in [0.25, 0.3) is 0 Å². The predicted molar refractivity (Wildman–Crippen MR) is 55.5 cm³/mol. The molecule has 15 heavy (non-hydrogen) atoms. The summed E-state index contributed by atoms with van der Waals surface area (Å²) < 4.78 is 6.71. The van der Waals surface area contributed by atoms with Gasteiger partial charge in [0.2, 0.25) is 0 Å². The van der Waals surface area contributed by atoms with Crippen molar-refractivity contribution in [2.45, 2.75) is 6.92 Å². The molecule has 0 aliphatic carbocycles. The second-order valence-corrected chi connectivity index (χ2v) is 3.11. The van der Waals surface area contributed by atoms with Crippen LogP contribution in [0.2, 0.25) is 0 Å². The molecule has 5 heteroatoms. The van der Waals surface area contributed by atoms with Crippen molar-refractivity contribution in [2.24, 2.45) is 0 Å². The van der Waals surface area contributed by atoms with Crippen molar-refractivity contribution in [1.82, 2.24) is 14.8 Å². The Morgan fingerprint density at radius 3 is 2.87 bits per heavy atom. The van der Waals surface area contributed by atoms with Crippen LogP contribution in [-0.4, -0.2) is 21.9 Å². The van der Waals surface area contributed by atoms with Crippen molar-refractivity contribution < 1.29 is 4.74 Å². The molecule has 0 saturated carbocycles. The van der Waals surface area contributed by atoms with Crippen LogP contribution in [0.25, 0.3) is 5.69 Å². The number of rotatable bonds is 2. The zero-order chi connectivity index (χ0) is 10.8. The Morgan fingerprint density at radius 1 is 1.47 bits per heavy atom. The zero-order valence-corrected chi connectivity index (χ0v) is 8.52. The van der Waals surface area contributed by atoms with Crippen LogP contribution in [0.15, 0.2) is 29.1 Å². The van der Waals surface area contributed by atoms with Crippen LogP contribution in [0, 0.1) is 6.92 Å². The number of methoxy groups -OCH3 is 1. The number of ether oxygens (including phenoxy) is 1. The lowest BCUT2D eigenvalue weighted by Gasteiger charge is -2.05. The molecule has 78 valence electrons. The summed E-state index contributed by atoms with van der Waals surface area (Å²) in [5.41, 5.74) is 0.469. The Balaban J connectivity index is 2.53. The Bertz CT molecular complexity index is 527. The minimum atomic E-state index is -0.352. The van der Waals surface area contributed by atoms with Crippen LogP contribution < -0.4 is 10.4 Å². The maximum absolute atomic E-state index is 11.0. The third-order valence-electron chi connectivity index (χ3n) is 2.11. The van der Waals surface area contributed by atoms with E-state index in [9.17, 15) is 4.79 Å². The molecule has 1 aromatic heterocycles. The highest BCUT2D eigenvalue weighted by Gasteiger charge is 2.03. The number of hydrogen-bond acceptors (Lipinski definition) is 3. The van der Waals surface area contributed by atoms with Gasteiger partial charge in [-0.05, 0) is 19.1 Å². The van der Waals surface area contributed by atoms with Crippen LogP contribution in [-0.2, 0) is 0 Å². The van der Waals surface area contributed by atoms with Crippen LogP contribution in [0.4, 0.5) is 0 Å². The van der Waals surface area contributed by atoms with E-state index in [0.717, 1.165) is 11.4 Å². The van der Waals surface area contributed by atoms with Gasteiger partial charge in [-0.3, -0.25) is 0 Å². The zero-order valence-electron chi connectivity index (χ0n) is 8.52. The van der Waals surface area contributed by atoms with E-state index in [0.29, 0.717) is 5.82 Å². The van der Waals surface area contributed by atoms with Crippen molar-refractivity contribution in [2.75, 3.05) is 7.11 Å². The molecule has 0 bridgehead atoms. The quantitative estimate of drug-likeness (QED) is 0.791. The molecule has 0 atom stereocenters. The number of aromatic nitrogens is 3. The monoisotopic (exact) mass is 205 g/mol. The van der Waals surface area contributed by atoms with E-state index < -0.39 is 0 Å². The maximum atomic E-state index is 11.0. The summed E-state index contributed by atoms with van der Waals surface area (Å²) >= 11 is 0. The lowest BCUT2D eigenvalue weighted by Crippen LogP contribution is -2.05. The van der Waals surface area contributed by atoms with Gasteiger partial charge in [-0.15, -0.1) is 0 Å². The molecule has 0 aliphatic rings. The Hall–Kier alpha value is -2.04. The third kappa shape index (κ3) is 1.76. The van der Waals surface area contributed by atoms with E-state index in [1.165, 1.54) is 0 Å².